The molecule has 1 aliphatic heterocycles. The minimum atomic E-state index is -1.11. The molecule has 0 amide bonds. The van der Waals surface area contributed by atoms with Crippen molar-refractivity contribution < 1.29 is 23.8 Å². The molecular formula is C24H19ClN2O5S. The molecule has 4 rings (SSSR count). The van der Waals surface area contributed by atoms with E-state index < -0.39 is 18.0 Å². The number of carbonyl (C=O) groups is 2. The van der Waals surface area contributed by atoms with Crippen molar-refractivity contribution >= 4 is 46.6 Å². The fourth-order valence-corrected chi connectivity index (χ4v) is 4.03. The Kier molecular flexibility index (Phi) is 6.48. The summed E-state index contributed by atoms with van der Waals surface area (Å²) in [6, 6.07) is 16.6. The predicted molar refractivity (Wildman–Crippen MR) is 128 cm³/mol. The summed E-state index contributed by atoms with van der Waals surface area (Å²) in [7, 11) is 0. The number of carboxylic acid groups (broad SMARTS) is 1. The molecule has 0 radical (unpaired) electrons. The lowest BCUT2D eigenvalue weighted by Gasteiger charge is -2.29. The second-order valence-corrected chi connectivity index (χ2v) is 7.92. The second kappa shape index (κ2) is 9.48. The van der Waals surface area contributed by atoms with E-state index in [9.17, 15) is 14.7 Å². The van der Waals surface area contributed by atoms with Gasteiger partial charge in [-0.2, -0.15) is 0 Å². The number of esters is 1. The van der Waals surface area contributed by atoms with E-state index in [1.54, 1.807) is 25.1 Å². The molecule has 0 unspecified atom stereocenters. The van der Waals surface area contributed by atoms with E-state index in [1.807, 2.05) is 30.3 Å². The van der Waals surface area contributed by atoms with Crippen LogP contribution in [0.4, 0.5) is 0 Å². The first-order valence-electron chi connectivity index (χ1n) is 10.1. The van der Waals surface area contributed by atoms with E-state index in [2.05, 4.69) is 10.6 Å². The highest BCUT2D eigenvalue weighted by Crippen LogP contribution is 2.35. The number of aromatic carboxylic acids is 1. The van der Waals surface area contributed by atoms with Gasteiger partial charge in [0.15, 0.2) is 5.11 Å². The van der Waals surface area contributed by atoms with E-state index >= 15 is 0 Å². The van der Waals surface area contributed by atoms with Gasteiger partial charge in [-0.05, 0) is 49.0 Å². The number of benzene rings is 2. The summed E-state index contributed by atoms with van der Waals surface area (Å²) < 4.78 is 11.4. The van der Waals surface area contributed by atoms with E-state index in [1.165, 1.54) is 12.1 Å². The Morgan fingerprint density at radius 1 is 1.12 bits per heavy atom. The number of ether oxygens (including phenoxy) is 1. The van der Waals surface area contributed by atoms with Crippen LogP contribution in [0.5, 0.6) is 0 Å². The highest BCUT2D eigenvalue weighted by atomic mass is 35.5. The van der Waals surface area contributed by atoms with Crippen LogP contribution >= 0.6 is 23.8 Å². The molecule has 2 heterocycles. The Hall–Kier alpha value is -3.62. The van der Waals surface area contributed by atoms with Crippen molar-refractivity contribution in [3.8, 4) is 11.3 Å². The van der Waals surface area contributed by atoms with Gasteiger partial charge in [-0.15, -0.1) is 0 Å². The lowest BCUT2D eigenvalue weighted by molar-refractivity contribution is -0.138. The van der Waals surface area contributed by atoms with Crippen LogP contribution in [0.2, 0.25) is 5.02 Å². The molecule has 9 heteroatoms. The summed E-state index contributed by atoms with van der Waals surface area (Å²) >= 11 is 11.5. The van der Waals surface area contributed by atoms with Crippen LogP contribution in [0, 0.1) is 0 Å². The zero-order valence-corrected chi connectivity index (χ0v) is 19.0. The summed E-state index contributed by atoms with van der Waals surface area (Å²) in [6.45, 7) is 1.94. The third-order valence-electron chi connectivity index (χ3n) is 5.03. The maximum Gasteiger partial charge on any atom is 0.338 e. The molecule has 0 fully saturated rings. The Labute approximate surface area is 200 Å². The number of carbonyl (C=O) groups excluding carboxylic acids is 1. The van der Waals surface area contributed by atoms with Crippen molar-refractivity contribution in [2.24, 2.45) is 0 Å². The SMILES string of the molecule is CCOC(=O)C1=C(c2ccccc2)NC(=S)N[C@@H]1c1ccc(-c2ccc(C(=O)O)c(Cl)c2)o1. The molecule has 3 aromatic rings. The summed E-state index contributed by atoms with van der Waals surface area (Å²) in [4.78, 5) is 24.2. The minimum Gasteiger partial charge on any atom is -0.478 e. The monoisotopic (exact) mass is 482 g/mol. The maximum atomic E-state index is 13.0. The van der Waals surface area contributed by atoms with Gasteiger partial charge in [-0.1, -0.05) is 48.0 Å². The topological polar surface area (TPSA) is 101 Å². The smallest absolute Gasteiger partial charge is 0.338 e. The van der Waals surface area contributed by atoms with Crippen molar-refractivity contribution in [2.45, 2.75) is 13.0 Å². The van der Waals surface area contributed by atoms with Crippen LogP contribution in [-0.2, 0) is 9.53 Å². The van der Waals surface area contributed by atoms with Gasteiger partial charge in [-0.25, -0.2) is 9.59 Å². The van der Waals surface area contributed by atoms with Gasteiger partial charge in [0, 0.05) is 5.56 Å². The fraction of sp³-hybridized carbons (Fsp3) is 0.125. The van der Waals surface area contributed by atoms with Gasteiger partial charge in [-0.3, -0.25) is 0 Å². The molecule has 2 aromatic carbocycles. The third kappa shape index (κ3) is 4.62. The van der Waals surface area contributed by atoms with Crippen molar-refractivity contribution in [3.63, 3.8) is 0 Å². The summed E-state index contributed by atoms with van der Waals surface area (Å²) in [5, 5.41) is 15.8. The summed E-state index contributed by atoms with van der Waals surface area (Å²) in [5.74, 6) is -0.726. The molecule has 1 aromatic heterocycles. The normalized spacial score (nSPS) is 15.6. The van der Waals surface area contributed by atoms with Gasteiger partial charge in [0.25, 0.3) is 0 Å². The number of hydrogen-bond acceptors (Lipinski definition) is 5. The Bertz CT molecular complexity index is 1270. The number of nitrogens with one attached hydrogen (secondary N) is 2. The van der Waals surface area contributed by atoms with Crippen LogP contribution in [0.15, 0.2) is 70.7 Å². The molecule has 7 nitrogen and oxygen atoms in total. The van der Waals surface area contributed by atoms with Crippen molar-refractivity contribution in [3.05, 3.63) is 88.1 Å². The first-order chi connectivity index (χ1) is 15.9. The fourth-order valence-electron chi connectivity index (χ4n) is 3.54. The number of halogens is 1. The molecule has 33 heavy (non-hydrogen) atoms. The van der Waals surface area contributed by atoms with Gasteiger partial charge in [0.05, 0.1) is 28.5 Å². The maximum absolute atomic E-state index is 13.0. The highest BCUT2D eigenvalue weighted by molar-refractivity contribution is 7.80. The van der Waals surface area contributed by atoms with E-state index in [4.69, 9.17) is 33.0 Å². The van der Waals surface area contributed by atoms with Gasteiger partial charge in [0.1, 0.15) is 17.6 Å². The highest BCUT2D eigenvalue weighted by Gasteiger charge is 2.35. The average Bonchev–Trinajstić information content (AvgIpc) is 3.29. The summed E-state index contributed by atoms with van der Waals surface area (Å²) in [5.41, 5.74) is 2.24. The average molecular weight is 483 g/mol. The van der Waals surface area contributed by atoms with Crippen LogP contribution in [0.1, 0.15) is 34.6 Å². The first-order valence-corrected chi connectivity index (χ1v) is 10.8. The third-order valence-corrected chi connectivity index (χ3v) is 5.56. The molecule has 0 spiro atoms. The van der Waals surface area contributed by atoms with E-state index in [-0.39, 0.29) is 17.2 Å². The van der Waals surface area contributed by atoms with Crippen LogP contribution in [-0.4, -0.2) is 28.8 Å². The minimum absolute atomic E-state index is 0.00222. The van der Waals surface area contributed by atoms with Gasteiger partial charge >= 0.3 is 11.9 Å². The molecule has 0 saturated carbocycles. The largest absolute Gasteiger partial charge is 0.478 e. The van der Waals surface area contributed by atoms with E-state index in [0.29, 0.717) is 33.5 Å². The van der Waals surface area contributed by atoms with Gasteiger partial charge in [0.2, 0.25) is 0 Å². The lowest BCUT2D eigenvalue weighted by Crippen LogP contribution is -2.45. The number of hydrogen-bond donors (Lipinski definition) is 3. The quantitative estimate of drug-likeness (QED) is 0.340. The molecular weight excluding hydrogens is 464 g/mol. The second-order valence-electron chi connectivity index (χ2n) is 7.11. The zero-order valence-electron chi connectivity index (χ0n) is 17.4. The summed E-state index contributed by atoms with van der Waals surface area (Å²) in [6.07, 6.45) is 0. The molecule has 0 saturated heterocycles. The molecule has 0 aliphatic carbocycles. The Balaban J connectivity index is 1.78. The van der Waals surface area contributed by atoms with Crippen LogP contribution < -0.4 is 10.6 Å². The predicted octanol–water partition coefficient (Wildman–Crippen LogP) is 4.79. The first kappa shape index (κ1) is 22.6. The molecule has 3 N–H and O–H groups in total. The van der Waals surface area contributed by atoms with Crippen LogP contribution in [0.25, 0.3) is 17.0 Å². The number of furan rings is 1. The lowest BCUT2D eigenvalue weighted by atomic mass is 9.96. The number of thiocarbonyl (C=S) groups is 1. The van der Waals surface area contributed by atoms with Crippen molar-refractivity contribution in [1.29, 1.82) is 0 Å². The zero-order chi connectivity index (χ0) is 23.5. The molecule has 1 atom stereocenters. The number of carboxylic acids is 1. The van der Waals surface area contributed by atoms with Crippen molar-refractivity contribution in [2.75, 3.05) is 6.61 Å². The van der Waals surface area contributed by atoms with Crippen LogP contribution in [0.3, 0.4) is 0 Å². The standard InChI is InChI=1S/C24H19ClN2O5S/c1-2-31-23(30)19-20(13-6-4-3-5-7-13)26-24(33)27-21(19)18-11-10-17(32-18)14-8-9-15(22(28)29)16(25)12-14/h3-12,21H,2H2,1H3,(H,28,29)(H2,26,27,33)/t21-/m1/s1. The Morgan fingerprint density at radius 2 is 1.88 bits per heavy atom. The molecule has 0 bridgehead atoms. The van der Waals surface area contributed by atoms with Crippen molar-refractivity contribution in [1.82, 2.24) is 10.6 Å². The van der Waals surface area contributed by atoms with E-state index in [0.717, 1.165) is 5.56 Å². The molecule has 168 valence electrons. The Morgan fingerprint density at radius 3 is 2.55 bits per heavy atom. The molecule has 1 aliphatic rings. The van der Waals surface area contributed by atoms with Gasteiger partial charge < -0.3 is 24.9 Å². The number of rotatable bonds is 6.